The number of aliphatic carboxylic acids is 1. The molecule has 0 bridgehead atoms. The van der Waals surface area contributed by atoms with E-state index in [1.165, 1.54) is 0 Å². The van der Waals surface area contributed by atoms with Crippen LogP contribution in [0, 0.1) is 11.2 Å². The molecule has 3 nitrogen and oxygen atoms in total. The SMILES string of the molecule is CS(C)(C)C#Cc1cccc(NCCC(=O)O)c1. The van der Waals surface area contributed by atoms with Crippen LogP contribution in [0.4, 0.5) is 5.69 Å². The Morgan fingerprint density at radius 1 is 1.39 bits per heavy atom. The molecular formula is C14H19NO2S. The van der Waals surface area contributed by atoms with Crippen molar-refractivity contribution in [2.24, 2.45) is 0 Å². The van der Waals surface area contributed by atoms with Crippen LogP contribution in [0.25, 0.3) is 0 Å². The normalized spacial score (nSPS) is 11.3. The quantitative estimate of drug-likeness (QED) is 0.823. The number of carboxylic acid groups (broad SMARTS) is 1. The highest BCUT2D eigenvalue weighted by atomic mass is 32.3. The van der Waals surface area contributed by atoms with E-state index < -0.39 is 16.0 Å². The molecule has 1 rings (SSSR count). The first-order chi connectivity index (χ1) is 8.37. The molecule has 0 aliphatic rings. The summed E-state index contributed by atoms with van der Waals surface area (Å²) in [6, 6.07) is 7.74. The molecule has 0 aliphatic heterocycles. The molecule has 0 aromatic heterocycles. The second kappa shape index (κ2) is 6.36. The van der Waals surface area contributed by atoms with Crippen molar-refractivity contribution in [3.63, 3.8) is 0 Å². The van der Waals surface area contributed by atoms with Gasteiger partial charge in [-0.25, -0.2) is 0 Å². The summed E-state index contributed by atoms with van der Waals surface area (Å²) in [5, 5.41) is 14.9. The van der Waals surface area contributed by atoms with Crippen LogP contribution in [0.15, 0.2) is 24.3 Å². The van der Waals surface area contributed by atoms with Crippen molar-refractivity contribution >= 4 is 21.7 Å². The summed E-state index contributed by atoms with van der Waals surface area (Å²) >= 11 is 0. The summed E-state index contributed by atoms with van der Waals surface area (Å²) in [7, 11) is -0.823. The van der Waals surface area contributed by atoms with Crippen molar-refractivity contribution in [1.29, 1.82) is 0 Å². The fraction of sp³-hybridized carbons (Fsp3) is 0.357. The predicted molar refractivity (Wildman–Crippen MR) is 79.4 cm³/mol. The number of benzene rings is 1. The van der Waals surface area contributed by atoms with Crippen LogP contribution in [0.1, 0.15) is 12.0 Å². The van der Waals surface area contributed by atoms with E-state index in [4.69, 9.17) is 5.11 Å². The van der Waals surface area contributed by atoms with E-state index in [0.717, 1.165) is 11.3 Å². The molecule has 18 heavy (non-hydrogen) atoms. The Kier molecular flexibility index (Phi) is 5.11. The first-order valence-corrected chi connectivity index (χ1v) is 8.49. The zero-order chi connectivity index (χ0) is 13.6. The van der Waals surface area contributed by atoms with Gasteiger partial charge in [-0.3, -0.25) is 4.79 Å². The zero-order valence-corrected chi connectivity index (χ0v) is 11.8. The van der Waals surface area contributed by atoms with Gasteiger partial charge in [-0.15, -0.1) is 0 Å². The van der Waals surface area contributed by atoms with Crippen LogP contribution in [-0.2, 0) is 4.79 Å². The number of hydrogen-bond donors (Lipinski definition) is 2. The van der Waals surface area contributed by atoms with Crippen molar-refractivity contribution in [3.05, 3.63) is 29.8 Å². The average molecular weight is 265 g/mol. The molecule has 98 valence electrons. The molecule has 0 unspecified atom stereocenters. The van der Waals surface area contributed by atoms with Crippen molar-refractivity contribution in [2.45, 2.75) is 6.42 Å². The highest BCUT2D eigenvalue weighted by Gasteiger charge is 1.98. The minimum Gasteiger partial charge on any atom is -0.481 e. The minimum atomic E-state index is -0.823. The van der Waals surface area contributed by atoms with Gasteiger partial charge in [0.2, 0.25) is 0 Å². The Morgan fingerprint density at radius 3 is 2.72 bits per heavy atom. The van der Waals surface area contributed by atoms with E-state index in [-0.39, 0.29) is 6.42 Å². The van der Waals surface area contributed by atoms with Crippen LogP contribution in [0.5, 0.6) is 0 Å². The zero-order valence-electron chi connectivity index (χ0n) is 11.0. The second-order valence-electron chi connectivity index (χ2n) is 4.72. The van der Waals surface area contributed by atoms with Gasteiger partial charge in [0.05, 0.1) is 6.42 Å². The minimum absolute atomic E-state index is 0.113. The van der Waals surface area contributed by atoms with Crippen molar-refractivity contribution in [1.82, 2.24) is 0 Å². The Labute approximate surface area is 110 Å². The number of anilines is 1. The van der Waals surface area contributed by atoms with Crippen molar-refractivity contribution < 1.29 is 9.90 Å². The van der Waals surface area contributed by atoms with Gasteiger partial charge in [0.15, 0.2) is 0 Å². The number of rotatable bonds is 4. The molecule has 0 fully saturated rings. The predicted octanol–water partition coefficient (Wildman–Crippen LogP) is 2.58. The summed E-state index contributed by atoms with van der Waals surface area (Å²) < 4.78 is 0. The van der Waals surface area contributed by atoms with Crippen LogP contribution in [-0.4, -0.2) is 36.4 Å². The third-order valence-corrected chi connectivity index (χ3v) is 2.75. The Bertz CT molecular complexity index is 481. The number of carbonyl (C=O) groups is 1. The Hall–Kier alpha value is -1.60. The lowest BCUT2D eigenvalue weighted by Gasteiger charge is -2.14. The molecule has 0 heterocycles. The number of hydrogen-bond acceptors (Lipinski definition) is 2. The third-order valence-electron chi connectivity index (χ3n) is 2.03. The smallest absolute Gasteiger partial charge is 0.305 e. The molecule has 1 aromatic carbocycles. The van der Waals surface area contributed by atoms with Gasteiger partial charge in [0.1, 0.15) is 0 Å². The molecule has 0 spiro atoms. The lowest BCUT2D eigenvalue weighted by Crippen LogP contribution is -2.07. The first kappa shape index (κ1) is 14.5. The Balaban J connectivity index is 2.67. The van der Waals surface area contributed by atoms with E-state index in [1.807, 2.05) is 24.3 Å². The topological polar surface area (TPSA) is 49.3 Å². The molecule has 0 aliphatic carbocycles. The van der Waals surface area contributed by atoms with E-state index in [2.05, 4.69) is 35.3 Å². The lowest BCUT2D eigenvalue weighted by molar-refractivity contribution is -0.136. The van der Waals surface area contributed by atoms with Crippen LogP contribution in [0.2, 0.25) is 0 Å². The standard InChI is InChI=1S/C14H19NO2S/c1-18(2,3)10-8-12-5-4-6-13(11-12)15-9-7-14(16)17/h4-6,11,15H,7,9H2,1-3H3,(H,16,17). The van der Waals surface area contributed by atoms with E-state index in [0.29, 0.717) is 6.54 Å². The molecule has 1 aromatic rings. The van der Waals surface area contributed by atoms with Crippen LogP contribution >= 0.6 is 10.0 Å². The average Bonchev–Trinajstić information content (AvgIpc) is 2.26. The van der Waals surface area contributed by atoms with Gasteiger partial charge in [0, 0.05) is 17.8 Å². The molecule has 0 saturated heterocycles. The summed E-state index contributed by atoms with van der Waals surface area (Å²) in [5.74, 6) is 2.36. The van der Waals surface area contributed by atoms with Crippen LogP contribution < -0.4 is 5.32 Å². The summed E-state index contributed by atoms with van der Waals surface area (Å²) in [5.41, 5.74) is 1.87. The molecule has 2 N–H and O–H groups in total. The highest BCUT2D eigenvalue weighted by Crippen LogP contribution is 2.32. The summed E-state index contributed by atoms with van der Waals surface area (Å²) in [6.07, 6.45) is 6.56. The molecule has 0 radical (unpaired) electrons. The van der Waals surface area contributed by atoms with Crippen LogP contribution in [0.3, 0.4) is 0 Å². The maximum atomic E-state index is 10.4. The monoisotopic (exact) mass is 265 g/mol. The third kappa shape index (κ3) is 6.21. The fourth-order valence-electron chi connectivity index (χ4n) is 1.23. The van der Waals surface area contributed by atoms with E-state index in [1.54, 1.807) is 0 Å². The molecular weight excluding hydrogens is 246 g/mol. The van der Waals surface area contributed by atoms with Crippen molar-refractivity contribution in [2.75, 3.05) is 30.6 Å². The van der Waals surface area contributed by atoms with Gasteiger partial charge in [-0.05, 0) is 42.2 Å². The molecule has 0 amide bonds. The second-order valence-corrected chi connectivity index (χ2v) is 8.59. The lowest BCUT2D eigenvalue weighted by atomic mass is 10.2. The number of nitrogens with one attached hydrogen (secondary N) is 1. The van der Waals surface area contributed by atoms with Crippen molar-refractivity contribution in [3.8, 4) is 11.2 Å². The molecule has 0 saturated carbocycles. The fourth-order valence-corrected chi connectivity index (χ4v) is 1.66. The maximum Gasteiger partial charge on any atom is 0.305 e. The summed E-state index contributed by atoms with van der Waals surface area (Å²) in [6.45, 7) is 0.427. The largest absolute Gasteiger partial charge is 0.481 e. The molecule has 0 atom stereocenters. The van der Waals surface area contributed by atoms with E-state index in [9.17, 15) is 4.79 Å². The molecule has 4 heteroatoms. The first-order valence-electron chi connectivity index (χ1n) is 5.64. The van der Waals surface area contributed by atoms with Gasteiger partial charge < -0.3 is 10.4 Å². The van der Waals surface area contributed by atoms with Gasteiger partial charge in [-0.1, -0.05) is 12.0 Å². The van der Waals surface area contributed by atoms with Gasteiger partial charge in [-0.2, -0.15) is 10.0 Å². The van der Waals surface area contributed by atoms with Gasteiger partial charge in [0.25, 0.3) is 0 Å². The highest BCUT2D eigenvalue weighted by molar-refractivity contribution is 8.35. The number of carboxylic acids is 1. The maximum absolute atomic E-state index is 10.4. The summed E-state index contributed by atoms with van der Waals surface area (Å²) in [4.78, 5) is 10.4. The van der Waals surface area contributed by atoms with Gasteiger partial charge >= 0.3 is 5.97 Å². The van der Waals surface area contributed by atoms with E-state index >= 15 is 0 Å². The Morgan fingerprint density at radius 2 is 2.11 bits per heavy atom.